The second-order valence-electron chi connectivity index (χ2n) is 7.46. The molecule has 1 aromatic rings. The minimum absolute atomic E-state index is 0.159. The van der Waals surface area contributed by atoms with Gasteiger partial charge in [0.25, 0.3) is 0 Å². The van der Waals surface area contributed by atoms with Gasteiger partial charge in [-0.15, -0.1) is 0 Å². The number of carbonyl (C=O) groups is 1. The Morgan fingerprint density at radius 3 is 2.35 bits per heavy atom. The molecule has 2 saturated heterocycles. The number of likely N-dealkylation sites (tertiary alicyclic amines) is 1. The molecule has 0 bridgehead atoms. The lowest BCUT2D eigenvalue weighted by Crippen LogP contribution is -2.58. The molecule has 0 N–H and O–H groups in total. The van der Waals surface area contributed by atoms with Crippen molar-refractivity contribution in [2.24, 2.45) is 17.8 Å². The van der Waals surface area contributed by atoms with E-state index in [1.807, 2.05) is 11.0 Å². The third kappa shape index (κ3) is 2.91. The van der Waals surface area contributed by atoms with Gasteiger partial charge in [0, 0.05) is 19.0 Å². The van der Waals surface area contributed by atoms with E-state index in [9.17, 15) is 13.2 Å². The Morgan fingerprint density at radius 1 is 1.00 bits per heavy atom. The summed E-state index contributed by atoms with van der Waals surface area (Å²) in [7, 11) is -2.75. The molecule has 3 aliphatic rings. The van der Waals surface area contributed by atoms with Crippen LogP contribution in [0.3, 0.4) is 0 Å². The van der Waals surface area contributed by atoms with Crippen molar-refractivity contribution < 1.29 is 13.2 Å². The normalized spacial score (nSPS) is 30.7. The highest BCUT2D eigenvalue weighted by Gasteiger charge is 2.46. The molecule has 0 unspecified atom stereocenters. The summed E-state index contributed by atoms with van der Waals surface area (Å²) in [6.45, 7) is 1.54. The molecule has 2 heterocycles. The summed E-state index contributed by atoms with van der Waals surface area (Å²) in [5.74, 6) is 2.34. The fraction of sp³-hybridized carbons (Fsp3) is 0.611. The van der Waals surface area contributed by atoms with Crippen LogP contribution in [0.25, 0.3) is 0 Å². The molecule has 23 heavy (non-hydrogen) atoms. The average Bonchev–Trinajstić information content (AvgIpc) is 2.94. The molecular weight excluding hydrogens is 310 g/mol. The highest BCUT2D eigenvalue weighted by molar-refractivity contribution is 7.92. The summed E-state index contributed by atoms with van der Waals surface area (Å²) in [5, 5.41) is 0. The predicted octanol–water partition coefficient (Wildman–Crippen LogP) is 2.07. The highest BCUT2D eigenvalue weighted by atomic mass is 32.2. The topological polar surface area (TPSA) is 54.5 Å². The fourth-order valence-corrected chi connectivity index (χ4v) is 6.11. The fourth-order valence-electron chi connectivity index (χ4n) is 4.36. The first kappa shape index (κ1) is 15.2. The van der Waals surface area contributed by atoms with Crippen LogP contribution in [0.4, 0.5) is 0 Å². The summed E-state index contributed by atoms with van der Waals surface area (Å²) in [5.41, 5.74) is 1.35. The summed E-state index contributed by atoms with van der Waals surface area (Å²) in [6.07, 6.45) is 3.04. The van der Waals surface area contributed by atoms with Gasteiger partial charge in [-0.1, -0.05) is 30.3 Å². The number of benzene rings is 1. The summed E-state index contributed by atoms with van der Waals surface area (Å²) in [4.78, 5) is 14.6. The second kappa shape index (κ2) is 5.62. The van der Waals surface area contributed by atoms with Gasteiger partial charge in [-0.2, -0.15) is 0 Å². The number of sulfone groups is 1. The van der Waals surface area contributed by atoms with Gasteiger partial charge >= 0.3 is 0 Å². The maximum Gasteiger partial charge on any atom is 0.225 e. The van der Waals surface area contributed by atoms with Crippen LogP contribution in [0.15, 0.2) is 30.3 Å². The molecular formula is C18H23NO3S. The van der Waals surface area contributed by atoms with Gasteiger partial charge in [0.15, 0.2) is 9.84 Å². The molecule has 4 nitrogen and oxygen atoms in total. The monoisotopic (exact) mass is 333 g/mol. The van der Waals surface area contributed by atoms with Gasteiger partial charge in [0.2, 0.25) is 5.91 Å². The minimum Gasteiger partial charge on any atom is -0.342 e. The molecule has 124 valence electrons. The van der Waals surface area contributed by atoms with Crippen LogP contribution in [0, 0.1) is 17.8 Å². The molecule has 1 amide bonds. The molecule has 0 aromatic heterocycles. The van der Waals surface area contributed by atoms with Crippen LogP contribution < -0.4 is 0 Å². The first-order valence-electron chi connectivity index (χ1n) is 8.56. The second-order valence-corrected chi connectivity index (χ2v) is 9.61. The lowest BCUT2D eigenvalue weighted by Gasteiger charge is -2.46. The van der Waals surface area contributed by atoms with Gasteiger partial charge in [-0.3, -0.25) is 4.79 Å². The summed E-state index contributed by atoms with van der Waals surface area (Å²) in [6, 6.07) is 10.5. The predicted molar refractivity (Wildman–Crippen MR) is 88.7 cm³/mol. The van der Waals surface area contributed by atoms with E-state index >= 15 is 0 Å². The maximum atomic E-state index is 12.6. The maximum absolute atomic E-state index is 12.6. The number of nitrogens with zero attached hydrogens (tertiary/aromatic N) is 1. The summed E-state index contributed by atoms with van der Waals surface area (Å²) >= 11 is 0. The molecule has 2 aliphatic heterocycles. The van der Waals surface area contributed by atoms with E-state index < -0.39 is 9.84 Å². The van der Waals surface area contributed by atoms with Crippen molar-refractivity contribution in [1.29, 1.82) is 0 Å². The van der Waals surface area contributed by atoms with Crippen molar-refractivity contribution in [1.82, 2.24) is 4.90 Å². The Kier molecular flexibility index (Phi) is 3.71. The van der Waals surface area contributed by atoms with Crippen molar-refractivity contribution in [3.05, 3.63) is 35.9 Å². The van der Waals surface area contributed by atoms with E-state index in [4.69, 9.17) is 0 Å². The molecule has 2 atom stereocenters. The molecule has 1 aromatic carbocycles. The number of hydrogen-bond acceptors (Lipinski definition) is 3. The Balaban J connectivity index is 1.28. The van der Waals surface area contributed by atoms with Gasteiger partial charge in [-0.05, 0) is 42.6 Å². The third-order valence-corrected chi connectivity index (χ3v) is 7.75. The van der Waals surface area contributed by atoms with Crippen molar-refractivity contribution >= 4 is 15.7 Å². The third-order valence-electron chi connectivity index (χ3n) is 5.88. The molecule has 3 fully saturated rings. The number of carbonyl (C=O) groups excluding carboxylic acids is 1. The molecule has 4 rings (SSSR count). The first-order valence-corrected chi connectivity index (χ1v) is 10.4. The van der Waals surface area contributed by atoms with Crippen LogP contribution in [-0.2, 0) is 14.6 Å². The quantitative estimate of drug-likeness (QED) is 0.851. The molecule has 5 heteroatoms. The standard InChI is InChI=1S/C18H23NO3S/c20-18(19-9-16(10-19)17-11-23(21,22)12-17)15-7-6-14(8-15)13-4-2-1-3-5-13/h1-5,14-17H,6-12H2/t14-,15-/m1/s1. The molecule has 0 spiro atoms. The van der Waals surface area contributed by atoms with Crippen LogP contribution in [0.2, 0.25) is 0 Å². The summed E-state index contributed by atoms with van der Waals surface area (Å²) < 4.78 is 22.5. The van der Waals surface area contributed by atoms with Gasteiger partial charge in [0.1, 0.15) is 0 Å². The van der Waals surface area contributed by atoms with Crippen molar-refractivity contribution in [2.75, 3.05) is 24.6 Å². The van der Waals surface area contributed by atoms with E-state index in [1.54, 1.807) is 0 Å². The Morgan fingerprint density at radius 2 is 1.70 bits per heavy atom. The number of rotatable bonds is 3. The van der Waals surface area contributed by atoms with Crippen molar-refractivity contribution in [3.8, 4) is 0 Å². The zero-order valence-electron chi connectivity index (χ0n) is 13.2. The van der Waals surface area contributed by atoms with E-state index in [0.717, 1.165) is 32.4 Å². The van der Waals surface area contributed by atoms with Gasteiger partial charge < -0.3 is 4.90 Å². The van der Waals surface area contributed by atoms with Crippen LogP contribution in [0.5, 0.6) is 0 Å². The van der Waals surface area contributed by atoms with Crippen LogP contribution in [-0.4, -0.2) is 43.8 Å². The van der Waals surface area contributed by atoms with E-state index in [1.165, 1.54) is 5.56 Å². The number of hydrogen-bond donors (Lipinski definition) is 0. The SMILES string of the molecule is O=C([C@@H]1CC[C@@H](c2ccccc2)C1)N1CC(C2CS(=O)(=O)C2)C1. The zero-order chi connectivity index (χ0) is 16.0. The molecule has 1 aliphatic carbocycles. The average molecular weight is 333 g/mol. The lowest BCUT2D eigenvalue weighted by molar-refractivity contribution is -0.142. The Labute approximate surface area is 137 Å². The Hall–Kier alpha value is -1.36. The van der Waals surface area contributed by atoms with E-state index in [2.05, 4.69) is 24.3 Å². The zero-order valence-corrected chi connectivity index (χ0v) is 14.0. The number of amides is 1. The largest absolute Gasteiger partial charge is 0.342 e. The Bertz CT molecular complexity index is 682. The molecule has 0 radical (unpaired) electrons. The van der Waals surface area contributed by atoms with E-state index in [0.29, 0.717) is 35.2 Å². The minimum atomic E-state index is -2.75. The van der Waals surface area contributed by atoms with Gasteiger partial charge in [0.05, 0.1) is 11.5 Å². The highest BCUT2D eigenvalue weighted by Crippen LogP contribution is 2.41. The smallest absolute Gasteiger partial charge is 0.225 e. The van der Waals surface area contributed by atoms with Crippen LogP contribution in [0.1, 0.15) is 30.7 Å². The van der Waals surface area contributed by atoms with Crippen molar-refractivity contribution in [2.45, 2.75) is 25.2 Å². The molecule has 1 saturated carbocycles. The lowest BCUT2D eigenvalue weighted by atomic mass is 9.86. The van der Waals surface area contributed by atoms with Gasteiger partial charge in [-0.25, -0.2) is 8.42 Å². The van der Waals surface area contributed by atoms with E-state index in [-0.39, 0.29) is 5.92 Å². The van der Waals surface area contributed by atoms with Crippen LogP contribution >= 0.6 is 0 Å². The van der Waals surface area contributed by atoms with Crippen molar-refractivity contribution in [3.63, 3.8) is 0 Å². The first-order chi connectivity index (χ1) is 11.0.